The first-order valence-corrected chi connectivity index (χ1v) is 5.46. The van der Waals surface area contributed by atoms with Crippen molar-refractivity contribution in [2.75, 3.05) is 0 Å². The molecule has 0 aliphatic rings. The monoisotopic (exact) mass is 249 g/mol. The van der Waals surface area contributed by atoms with Crippen LogP contribution in [0.25, 0.3) is 22.9 Å². The highest BCUT2D eigenvalue weighted by Gasteiger charge is 2.11. The molecule has 0 aliphatic carbocycles. The number of benzene rings is 1. The van der Waals surface area contributed by atoms with Crippen molar-refractivity contribution in [1.29, 1.82) is 5.26 Å². The highest BCUT2D eigenvalue weighted by Crippen LogP contribution is 2.23. The van der Waals surface area contributed by atoms with Crippen LogP contribution in [0.1, 0.15) is 5.56 Å². The maximum Gasteiger partial charge on any atom is 0.251 e. The van der Waals surface area contributed by atoms with E-state index in [0.717, 1.165) is 0 Å². The Kier molecular flexibility index (Phi) is 2.71. The smallest absolute Gasteiger partial charge is 0.251 e. The van der Waals surface area contributed by atoms with Gasteiger partial charge >= 0.3 is 0 Å². The number of rotatable bonds is 2. The van der Waals surface area contributed by atoms with Gasteiger partial charge in [-0.25, -0.2) is 9.97 Å². The molecule has 2 aromatic heterocycles. The van der Waals surface area contributed by atoms with Crippen LogP contribution >= 0.6 is 0 Å². The lowest BCUT2D eigenvalue weighted by Gasteiger charge is -1.94. The van der Waals surface area contributed by atoms with E-state index in [0.29, 0.717) is 28.5 Å². The van der Waals surface area contributed by atoms with Crippen molar-refractivity contribution < 1.29 is 4.42 Å². The van der Waals surface area contributed by atoms with Crippen LogP contribution in [0.4, 0.5) is 0 Å². The summed E-state index contributed by atoms with van der Waals surface area (Å²) in [5.74, 6) is 0.703. The molecule has 0 atom stereocenters. The van der Waals surface area contributed by atoms with E-state index in [2.05, 4.69) is 26.2 Å². The molecule has 0 radical (unpaired) electrons. The van der Waals surface area contributed by atoms with Crippen LogP contribution in [0.3, 0.4) is 0 Å². The van der Waals surface area contributed by atoms with E-state index in [1.54, 1.807) is 36.7 Å². The third-order valence-corrected chi connectivity index (χ3v) is 2.47. The molecule has 0 fully saturated rings. The summed E-state index contributed by atoms with van der Waals surface area (Å²) in [6.07, 6.45) is 4.61. The van der Waals surface area contributed by atoms with Gasteiger partial charge in [0.15, 0.2) is 0 Å². The quantitative estimate of drug-likeness (QED) is 0.690. The number of nitriles is 1. The molecule has 19 heavy (non-hydrogen) atoms. The van der Waals surface area contributed by atoms with E-state index in [-0.39, 0.29) is 0 Å². The van der Waals surface area contributed by atoms with E-state index in [4.69, 9.17) is 9.68 Å². The minimum atomic E-state index is 0.345. The molecule has 0 saturated heterocycles. The summed E-state index contributed by atoms with van der Waals surface area (Å²) in [5.41, 5.74) is 1.90. The molecular formula is C13H7N5O. The Hall–Kier alpha value is -3.07. The molecule has 1 aromatic carbocycles. The molecule has 0 amide bonds. The van der Waals surface area contributed by atoms with Gasteiger partial charge in [0.1, 0.15) is 6.33 Å². The van der Waals surface area contributed by atoms with Crippen LogP contribution in [0.2, 0.25) is 0 Å². The molecule has 0 N–H and O–H groups in total. The first kappa shape index (κ1) is 11.0. The molecule has 3 aromatic rings. The van der Waals surface area contributed by atoms with Crippen molar-refractivity contribution in [2.45, 2.75) is 0 Å². The summed E-state index contributed by atoms with van der Waals surface area (Å²) in [6.45, 7) is 0. The molecular weight excluding hydrogens is 242 g/mol. The number of aromatic nitrogens is 4. The molecule has 0 unspecified atom stereocenters. The zero-order chi connectivity index (χ0) is 13.1. The summed E-state index contributed by atoms with van der Waals surface area (Å²) in [4.78, 5) is 7.78. The Morgan fingerprint density at radius 3 is 2.47 bits per heavy atom. The van der Waals surface area contributed by atoms with E-state index in [1.165, 1.54) is 6.33 Å². The van der Waals surface area contributed by atoms with Gasteiger partial charge in [0.25, 0.3) is 5.89 Å². The Morgan fingerprint density at radius 2 is 1.74 bits per heavy atom. The van der Waals surface area contributed by atoms with Gasteiger partial charge in [-0.2, -0.15) is 5.26 Å². The van der Waals surface area contributed by atoms with Gasteiger partial charge in [-0.05, 0) is 18.2 Å². The van der Waals surface area contributed by atoms with Gasteiger partial charge < -0.3 is 4.42 Å². The van der Waals surface area contributed by atoms with Crippen LogP contribution in [-0.4, -0.2) is 20.2 Å². The van der Waals surface area contributed by atoms with Crippen LogP contribution < -0.4 is 0 Å². The highest BCUT2D eigenvalue weighted by atomic mass is 16.4. The van der Waals surface area contributed by atoms with Gasteiger partial charge in [0.05, 0.1) is 17.2 Å². The fraction of sp³-hybridized carbons (Fsp3) is 0. The van der Waals surface area contributed by atoms with Crippen molar-refractivity contribution in [2.24, 2.45) is 0 Å². The molecule has 0 spiro atoms. The lowest BCUT2D eigenvalue weighted by Crippen LogP contribution is -1.81. The molecule has 0 aliphatic heterocycles. The lowest BCUT2D eigenvalue weighted by molar-refractivity contribution is 0.584. The SMILES string of the molecule is N#Cc1cccc(-c2nnc(-c3cncnc3)o2)c1. The average Bonchev–Trinajstić information content (AvgIpc) is 2.98. The van der Waals surface area contributed by atoms with Gasteiger partial charge in [-0.15, -0.1) is 10.2 Å². The number of nitrogens with zero attached hydrogens (tertiary/aromatic N) is 5. The molecule has 6 heteroatoms. The molecule has 3 rings (SSSR count). The van der Waals surface area contributed by atoms with Crippen molar-refractivity contribution in [3.8, 4) is 29.0 Å². The maximum absolute atomic E-state index is 8.86. The van der Waals surface area contributed by atoms with Crippen LogP contribution in [0.15, 0.2) is 47.4 Å². The highest BCUT2D eigenvalue weighted by molar-refractivity contribution is 5.58. The standard InChI is InChI=1S/C13H7N5O/c14-5-9-2-1-3-10(4-9)12-17-18-13(19-12)11-6-15-8-16-7-11/h1-4,6-8H. The first-order valence-electron chi connectivity index (χ1n) is 5.46. The summed E-state index contributed by atoms with van der Waals surface area (Å²) < 4.78 is 5.54. The van der Waals surface area contributed by atoms with Crippen molar-refractivity contribution in [3.63, 3.8) is 0 Å². The first-order chi connectivity index (χ1) is 9.36. The molecule has 0 saturated carbocycles. The zero-order valence-electron chi connectivity index (χ0n) is 9.69. The van der Waals surface area contributed by atoms with Crippen molar-refractivity contribution in [3.05, 3.63) is 48.5 Å². The van der Waals surface area contributed by atoms with E-state index in [9.17, 15) is 0 Å². The lowest BCUT2D eigenvalue weighted by atomic mass is 10.1. The summed E-state index contributed by atoms with van der Waals surface area (Å²) >= 11 is 0. The maximum atomic E-state index is 8.86. The zero-order valence-corrected chi connectivity index (χ0v) is 9.69. The molecule has 2 heterocycles. The third-order valence-electron chi connectivity index (χ3n) is 2.47. The van der Waals surface area contributed by atoms with Crippen LogP contribution in [-0.2, 0) is 0 Å². The molecule has 90 valence electrons. The average molecular weight is 249 g/mol. The van der Waals surface area contributed by atoms with Crippen LogP contribution in [0, 0.1) is 11.3 Å². The third kappa shape index (κ3) is 2.17. The van der Waals surface area contributed by atoms with Gasteiger partial charge in [-0.3, -0.25) is 0 Å². The summed E-state index contributed by atoms with van der Waals surface area (Å²) in [6, 6.07) is 9.05. The second-order valence-electron chi connectivity index (χ2n) is 3.73. The van der Waals surface area contributed by atoms with E-state index in [1.807, 2.05) is 0 Å². The Balaban J connectivity index is 2.00. The summed E-state index contributed by atoms with van der Waals surface area (Å²) in [5, 5.41) is 16.8. The Bertz CT molecular complexity index is 745. The summed E-state index contributed by atoms with van der Waals surface area (Å²) in [7, 11) is 0. The predicted molar refractivity (Wildman–Crippen MR) is 65.5 cm³/mol. The van der Waals surface area contributed by atoms with Crippen LogP contribution in [0.5, 0.6) is 0 Å². The largest absolute Gasteiger partial charge is 0.416 e. The second kappa shape index (κ2) is 4.66. The number of hydrogen-bond donors (Lipinski definition) is 0. The topological polar surface area (TPSA) is 88.5 Å². The molecule has 6 nitrogen and oxygen atoms in total. The fourth-order valence-electron chi connectivity index (χ4n) is 1.59. The van der Waals surface area contributed by atoms with Crippen molar-refractivity contribution in [1.82, 2.24) is 20.2 Å². The van der Waals surface area contributed by atoms with E-state index < -0.39 is 0 Å². The minimum Gasteiger partial charge on any atom is -0.416 e. The molecule has 0 bridgehead atoms. The normalized spacial score (nSPS) is 10.1. The fourth-order valence-corrected chi connectivity index (χ4v) is 1.59. The van der Waals surface area contributed by atoms with E-state index >= 15 is 0 Å². The Labute approximate surface area is 108 Å². The second-order valence-corrected chi connectivity index (χ2v) is 3.73. The van der Waals surface area contributed by atoms with Gasteiger partial charge in [-0.1, -0.05) is 6.07 Å². The van der Waals surface area contributed by atoms with Crippen molar-refractivity contribution >= 4 is 0 Å². The van der Waals surface area contributed by atoms with Gasteiger partial charge in [0.2, 0.25) is 5.89 Å². The Morgan fingerprint density at radius 1 is 1.00 bits per heavy atom. The van der Waals surface area contributed by atoms with Gasteiger partial charge in [0, 0.05) is 18.0 Å². The number of hydrogen-bond acceptors (Lipinski definition) is 6. The minimum absolute atomic E-state index is 0.345. The predicted octanol–water partition coefficient (Wildman–Crippen LogP) is 2.07.